The van der Waals surface area contributed by atoms with Crippen LogP contribution in [0, 0.1) is 0 Å². The molecule has 3 aromatic rings. The van der Waals surface area contributed by atoms with Gasteiger partial charge in [0.15, 0.2) is 0 Å². The lowest BCUT2D eigenvalue weighted by atomic mass is 10.2. The second kappa shape index (κ2) is 7.90. The molecule has 3 rings (SSSR count). The zero-order valence-electron chi connectivity index (χ0n) is 13.7. The van der Waals surface area contributed by atoms with E-state index in [0.717, 1.165) is 16.8 Å². The minimum Gasteiger partial charge on any atom is -0.444 e. The van der Waals surface area contributed by atoms with Crippen molar-refractivity contribution in [1.82, 2.24) is 9.88 Å². The number of halogens is 2. The third kappa shape index (κ3) is 4.87. The predicted molar refractivity (Wildman–Crippen MR) is 90.2 cm³/mol. The van der Waals surface area contributed by atoms with Crippen LogP contribution in [0.5, 0.6) is 5.75 Å². The molecule has 0 aliphatic heterocycles. The first-order chi connectivity index (χ1) is 12.1. The first kappa shape index (κ1) is 17.1. The van der Waals surface area contributed by atoms with Crippen LogP contribution in [0.25, 0.3) is 11.5 Å². The lowest BCUT2D eigenvalue weighted by Gasteiger charge is -2.15. The summed E-state index contributed by atoms with van der Waals surface area (Å²) in [6.07, 6.45) is 1.65. The van der Waals surface area contributed by atoms with Gasteiger partial charge >= 0.3 is 6.61 Å². The number of hydrogen-bond acceptors (Lipinski definition) is 4. The van der Waals surface area contributed by atoms with Crippen molar-refractivity contribution in [3.63, 3.8) is 0 Å². The van der Waals surface area contributed by atoms with E-state index >= 15 is 0 Å². The summed E-state index contributed by atoms with van der Waals surface area (Å²) in [5.74, 6) is 0.753. The van der Waals surface area contributed by atoms with Crippen LogP contribution >= 0.6 is 0 Å². The number of nitrogens with zero attached hydrogens (tertiary/aromatic N) is 2. The Morgan fingerprint density at radius 1 is 1.04 bits per heavy atom. The van der Waals surface area contributed by atoms with Crippen LogP contribution in [-0.4, -0.2) is 23.5 Å². The molecule has 0 saturated carbocycles. The average molecular weight is 344 g/mol. The van der Waals surface area contributed by atoms with Gasteiger partial charge in [-0.15, -0.1) is 0 Å². The fourth-order valence-corrected chi connectivity index (χ4v) is 2.51. The summed E-state index contributed by atoms with van der Waals surface area (Å²) >= 11 is 0. The summed E-state index contributed by atoms with van der Waals surface area (Å²) in [7, 11) is 1.96. The molecule has 25 heavy (non-hydrogen) atoms. The number of aromatic nitrogens is 1. The van der Waals surface area contributed by atoms with Crippen molar-refractivity contribution in [3.05, 3.63) is 72.1 Å². The van der Waals surface area contributed by atoms with Crippen molar-refractivity contribution < 1.29 is 17.9 Å². The Hall–Kier alpha value is -2.73. The number of alkyl halides is 2. The minimum absolute atomic E-state index is 0.158. The molecule has 0 aliphatic carbocycles. The van der Waals surface area contributed by atoms with E-state index in [2.05, 4.69) is 14.6 Å². The van der Waals surface area contributed by atoms with Crippen LogP contribution in [-0.2, 0) is 13.1 Å². The summed E-state index contributed by atoms with van der Waals surface area (Å²) in [6, 6.07) is 16.3. The SMILES string of the molecule is CN(Cc1ccc(OC(F)F)cc1)Cc1coc(-c2ccccc2)n1. The van der Waals surface area contributed by atoms with E-state index in [9.17, 15) is 8.78 Å². The molecule has 0 amide bonds. The van der Waals surface area contributed by atoms with Crippen molar-refractivity contribution in [2.24, 2.45) is 0 Å². The Balaban J connectivity index is 1.57. The number of rotatable bonds is 7. The van der Waals surface area contributed by atoms with Gasteiger partial charge in [-0.3, -0.25) is 4.90 Å². The van der Waals surface area contributed by atoms with E-state index in [4.69, 9.17) is 4.42 Å². The lowest BCUT2D eigenvalue weighted by molar-refractivity contribution is -0.0498. The molecule has 0 unspecified atom stereocenters. The number of hydrogen-bond donors (Lipinski definition) is 0. The van der Waals surface area contributed by atoms with E-state index in [1.165, 1.54) is 0 Å². The first-order valence-electron chi connectivity index (χ1n) is 7.82. The molecular weight excluding hydrogens is 326 g/mol. The number of oxazole rings is 1. The summed E-state index contributed by atoms with van der Waals surface area (Å²) in [5, 5.41) is 0. The van der Waals surface area contributed by atoms with E-state index in [1.807, 2.05) is 37.4 Å². The molecule has 2 aromatic carbocycles. The summed E-state index contributed by atoms with van der Waals surface area (Å²) in [6.45, 7) is -1.53. The second-order valence-corrected chi connectivity index (χ2v) is 5.70. The first-order valence-corrected chi connectivity index (χ1v) is 7.82. The second-order valence-electron chi connectivity index (χ2n) is 5.70. The highest BCUT2D eigenvalue weighted by Gasteiger charge is 2.09. The summed E-state index contributed by atoms with van der Waals surface area (Å²) in [4.78, 5) is 6.56. The third-order valence-electron chi connectivity index (χ3n) is 3.61. The van der Waals surface area contributed by atoms with Gasteiger partial charge in [0.1, 0.15) is 12.0 Å². The Morgan fingerprint density at radius 2 is 1.76 bits per heavy atom. The number of ether oxygens (including phenoxy) is 1. The molecule has 130 valence electrons. The Kier molecular flexibility index (Phi) is 5.40. The maximum Gasteiger partial charge on any atom is 0.387 e. The Morgan fingerprint density at radius 3 is 2.44 bits per heavy atom. The van der Waals surface area contributed by atoms with E-state index in [-0.39, 0.29) is 5.75 Å². The van der Waals surface area contributed by atoms with Gasteiger partial charge in [-0.25, -0.2) is 4.98 Å². The molecule has 1 aromatic heterocycles. The zero-order valence-corrected chi connectivity index (χ0v) is 13.7. The number of benzene rings is 2. The molecule has 0 spiro atoms. The maximum absolute atomic E-state index is 12.2. The third-order valence-corrected chi connectivity index (χ3v) is 3.61. The van der Waals surface area contributed by atoms with Gasteiger partial charge in [-0.1, -0.05) is 30.3 Å². The average Bonchev–Trinajstić information content (AvgIpc) is 3.05. The van der Waals surface area contributed by atoms with Crippen LogP contribution in [0.15, 0.2) is 65.3 Å². The molecule has 0 fully saturated rings. The highest BCUT2D eigenvalue weighted by molar-refractivity contribution is 5.52. The molecule has 1 heterocycles. The molecule has 0 bridgehead atoms. The largest absolute Gasteiger partial charge is 0.444 e. The lowest BCUT2D eigenvalue weighted by Crippen LogP contribution is -2.17. The molecular formula is C19H18F2N2O2. The Bertz CT molecular complexity index is 789. The monoisotopic (exact) mass is 344 g/mol. The molecule has 0 aliphatic rings. The normalized spacial score (nSPS) is 11.2. The van der Waals surface area contributed by atoms with Crippen LogP contribution in [0.4, 0.5) is 8.78 Å². The van der Waals surface area contributed by atoms with E-state index in [1.54, 1.807) is 30.5 Å². The Labute approximate surface area is 144 Å². The van der Waals surface area contributed by atoms with Crippen LogP contribution in [0.2, 0.25) is 0 Å². The smallest absolute Gasteiger partial charge is 0.387 e. The summed E-state index contributed by atoms with van der Waals surface area (Å²) in [5.41, 5.74) is 2.76. The van der Waals surface area contributed by atoms with Crippen LogP contribution in [0.3, 0.4) is 0 Å². The van der Waals surface area contributed by atoms with E-state index in [0.29, 0.717) is 19.0 Å². The minimum atomic E-state index is -2.81. The van der Waals surface area contributed by atoms with Crippen molar-refractivity contribution >= 4 is 0 Å². The quantitative estimate of drug-likeness (QED) is 0.629. The zero-order chi connectivity index (χ0) is 17.6. The van der Waals surface area contributed by atoms with Gasteiger partial charge < -0.3 is 9.15 Å². The highest BCUT2D eigenvalue weighted by Crippen LogP contribution is 2.19. The fourth-order valence-electron chi connectivity index (χ4n) is 2.51. The topological polar surface area (TPSA) is 38.5 Å². The molecule has 0 saturated heterocycles. The van der Waals surface area contributed by atoms with Gasteiger partial charge in [0.05, 0.1) is 5.69 Å². The molecule has 0 N–H and O–H groups in total. The fraction of sp³-hybridized carbons (Fsp3) is 0.211. The van der Waals surface area contributed by atoms with E-state index < -0.39 is 6.61 Å². The van der Waals surface area contributed by atoms with Crippen LogP contribution in [0.1, 0.15) is 11.3 Å². The highest BCUT2D eigenvalue weighted by atomic mass is 19.3. The maximum atomic E-state index is 12.2. The molecule has 6 heteroatoms. The van der Waals surface area contributed by atoms with Crippen molar-refractivity contribution in [3.8, 4) is 17.2 Å². The standard InChI is InChI=1S/C19H18F2N2O2/c1-23(11-14-7-9-17(10-8-14)25-19(20)21)12-16-13-24-18(22-16)15-5-3-2-4-6-15/h2-10,13,19H,11-12H2,1H3. The summed E-state index contributed by atoms with van der Waals surface area (Å²) < 4.78 is 34.2. The van der Waals surface area contributed by atoms with Crippen molar-refractivity contribution in [1.29, 1.82) is 0 Å². The van der Waals surface area contributed by atoms with Gasteiger partial charge in [0.25, 0.3) is 0 Å². The predicted octanol–water partition coefficient (Wildman–Crippen LogP) is 4.58. The van der Waals surface area contributed by atoms with Crippen molar-refractivity contribution in [2.75, 3.05) is 7.05 Å². The van der Waals surface area contributed by atoms with Gasteiger partial charge in [0, 0.05) is 18.7 Å². The van der Waals surface area contributed by atoms with Gasteiger partial charge in [0.2, 0.25) is 5.89 Å². The van der Waals surface area contributed by atoms with Crippen LogP contribution < -0.4 is 4.74 Å². The van der Waals surface area contributed by atoms with Gasteiger partial charge in [-0.05, 0) is 36.9 Å². The molecule has 0 radical (unpaired) electrons. The molecule has 0 atom stereocenters. The van der Waals surface area contributed by atoms with Crippen molar-refractivity contribution in [2.45, 2.75) is 19.7 Å². The molecule has 4 nitrogen and oxygen atoms in total. The van der Waals surface area contributed by atoms with Gasteiger partial charge in [-0.2, -0.15) is 8.78 Å².